The summed E-state index contributed by atoms with van der Waals surface area (Å²) >= 11 is 1.41. The Labute approximate surface area is 145 Å². The van der Waals surface area contributed by atoms with Crippen LogP contribution in [0.1, 0.15) is 27.3 Å². The first-order valence-corrected chi connectivity index (χ1v) is 8.72. The van der Waals surface area contributed by atoms with Gasteiger partial charge in [0.25, 0.3) is 0 Å². The third-order valence-corrected chi connectivity index (χ3v) is 5.03. The number of hydrogen-bond donors (Lipinski definition) is 0. The minimum Gasteiger partial charge on any atom is -0.318 e. The molecule has 2 aromatic heterocycles. The number of thioether (sulfide) groups is 1. The van der Waals surface area contributed by atoms with E-state index in [0.29, 0.717) is 5.75 Å². The van der Waals surface area contributed by atoms with Gasteiger partial charge in [-0.25, -0.2) is 0 Å². The van der Waals surface area contributed by atoms with Crippen LogP contribution < -0.4 is 0 Å². The van der Waals surface area contributed by atoms with Crippen molar-refractivity contribution in [3.05, 3.63) is 59.2 Å². The number of carbonyl (C=O) groups excluding carboxylic acids is 1. The molecule has 0 aliphatic heterocycles. The number of aryl methyl sites for hydroxylation is 3. The molecule has 3 aromatic rings. The Hall–Kier alpha value is -2.34. The number of hydrogen-bond acceptors (Lipinski definition) is 4. The Kier molecular flexibility index (Phi) is 4.57. The molecule has 0 fully saturated rings. The number of rotatable bonds is 5. The standard InChI is InChI=1S/C18H20N4OS/c1-12-6-5-7-15(8-12)22-13(2)9-16(14(22)3)17(23)10-24-18-20-19-11-21(18)4/h5-9,11H,10H2,1-4H3. The van der Waals surface area contributed by atoms with Crippen LogP contribution in [-0.4, -0.2) is 30.9 Å². The van der Waals surface area contributed by atoms with Crippen molar-refractivity contribution in [1.29, 1.82) is 0 Å². The summed E-state index contributed by atoms with van der Waals surface area (Å²) in [6, 6.07) is 10.3. The van der Waals surface area contributed by atoms with Crippen molar-refractivity contribution in [2.75, 3.05) is 5.75 Å². The minimum atomic E-state index is 0.106. The average molecular weight is 340 g/mol. The number of ketones is 1. The SMILES string of the molecule is Cc1cccc(-n2c(C)cc(C(=O)CSc3nncn3C)c2C)c1. The minimum absolute atomic E-state index is 0.106. The maximum absolute atomic E-state index is 12.6. The molecule has 0 aliphatic rings. The molecule has 0 saturated heterocycles. The molecule has 2 heterocycles. The van der Waals surface area contributed by atoms with Crippen LogP contribution in [0.4, 0.5) is 0 Å². The number of benzene rings is 1. The van der Waals surface area contributed by atoms with Gasteiger partial charge < -0.3 is 9.13 Å². The van der Waals surface area contributed by atoms with E-state index in [2.05, 4.69) is 39.9 Å². The van der Waals surface area contributed by atoms with Gasteiger partial charge in [0.1, 0.15) is 6.33 Å². The molecular weight excluding hydrogens is 320 g/mol. The Balaban J connectivity index is 1.85. The molecule has 124 valence electrons. The molecule has 0 aliphatic carbocycles. The summed E-state index contributed by atoms with van der Waals surface area (Å²) in [6.07, 6.45) is 1.64. The Bertz CT molecular complexity index is 894. The zero-order valence-electron chi connectivity index (χ0n) is 14.3. The van der Waals surface area contributed by atoms with E-state index >= 15 is 0 Å². The lowest BCUT2D eigenvalue weighted by molar-refractivity contribution is 0.102. The van der Waals surface area contributed by atoms with Crippen LogP contribution >= 0.6 is 11.8 Å². The van der Waals surface area contributed by atoms with Gasteiger partial charge >= 0.3 is 0 Å². The average Bonchev–Trinajstić information content (AvgIpc) is 3.08. The van der Waals surface area contributed by atoms with Crippen LogP contribution in [0.25, 0.3) is 5.69 Å². The van der Waals surface area contributed by atoms with Gasteiger partial charge in [-0.2, -0.15) is 0 Å². The molecule has 0 amide bonds. The van der Waals surface area contributed by atoms with Crippen LogP contribution in [0.15, 0.2) is 41.8 Å². The monoisotopic (exact) mass is 340 g/mol. The second kappa shape index (κ2) is 6.65. The van der Waals surface area contributed by atoms with E-state index in [1.807, 2.05) is 37.6 Å². The van der Waals surface area contributed by atoms with E-state index in [4.69, 9.17) is 0 Å². The van der Waals surface area contributed by atoms with Crippen molar-refractivity contribution in [3.63, 3.8) is 0 Å². The van der Waals surface area contributed by atoms with Gasteiger partial charge in [-0.05, 0) is 44.5 Å². The van der Waals surface area contributed by atoms with Crippen molar-refractivity contribution in [1.82, 2.24) is 19.3 Å². The first kappa shape index (κ1) is 16.5. The van der Waals surface area contributed by atoms with E-state index in [9.17, 15) is 4.79 Å². The summed E-state index contributed by atoms with van der Waals surface area (Å²) in [4.78, 5) is 12.6. The van der Waals surface area contributed by atoms with Gasteiger partial charge in [0, 0.05) is 29.7 Å². The Morgan fingerprint density at radius 3 is 2.67 bits per heavy atom. The normalized spacial score (nSPS) is 11.0. The second-order valence-corrected chi connectivity index (χ2v) is 6.84. The highest BCUT2D eigenvalue weighted by atomic mass is 32.2. The molecule has 0 N–H and O–H groups in total. The van der Waals surface area contributed by atoms with Crippen molar-refractivity contribution in [2.45, 2.75) is 25.9 Å². The fourth-order valence-electron chi connectivity index (χ4n) is 2.82. The van der Waals surface area contributed by atoms with E-state index in [1.165, 1.54) is 17.3 Å². The summed E-state index contributed by atoms with van der Waals surface area (Å²) in [6.45, 7) is 6.10. The first-order chi connectivity index (χ1) is 11.5. The highest BCUT2D eigenvalue weighted by Crippen LogP contribution is 2.24. The maximum Gasteiger partial charge on any atom is 0.191 e. The van der Waals surface area contributed by atoms with Gasteiger partial charge in [-0.3, -0.25) is 4.79 Å². The topological polar surface area (TPSA) is 52.7 Å². The van der Waals surface area contributed by atoms with Gasteiger partial charge in [0.05, 0.1) is 5.75 Å². The van der Waals surface area contributed by atoms with E-state index in [0.717, 1.165) is 27.8 Å². The summed E-state index contributed by atoms with van der Waals surface area (Å²) in [7, 11) is 1.87. The third kappa shape index (κ3) is 3.14. The Morgan fingerprint density at radius 1 is 1.21 bits per heavy atom. The molecule has 1 aromatic carbocycles. The van der Waals surface area contributed by atoms with Crippen LogP contribution in [-0.2, 0) is 7.05 Å². The van der Waals surface area contributed by atoms with Gasteiger partial charge in [0.15, 0.2) is 10.9 Å². The zero-order valence-corrected chi connectivity index (χ0v) is 15.1. The quantitative estimate of drug-likeness (QED) is 0.527. The lowest BCUT2D eigenvalue weighted by atomic mass is 10.2. The predicted molar refractivity (Wildman–Crippen MR) is 96.0 cm³/mol. The number of Topliss-reactive ketones (excluding diaryl/α,β-unsaturated/α-hetero) is 1. The first-order valence-electron chi connectivity index (χ1n) is 7.73. The van der Waals surface area contributed by atoms with Gasteiger partial charge in [0.2, 0.25) is 0 Å². The second-order valence-electron chi connectivity index (χ2n) is 5.90. The van der Waals surface area contributed by atoms with Crippen molar-refractivity contribution >= 4 is 17.5 Å². The molecule has 5 nitrogen and oxygen atoms in total. The highest BCUT2D eigenvalue weighted by molar-refractivity contribution is 7.99. The number of nitrogens with zero attached hydrogens (tertiary/aromatic N) is 4. The van der Waals surface area contributed by atoms with Crippen LogP contribution in [0.5, 0.6) is 0 Å². The molecule has 0 spiro atoms. The predicted octanol–water partition coefficient (Wildman–Crippen LogP) is 3.51. The molecule has 24 heavy (non-hydrogen) atoms. The largest absolute Gasteiger partial charge is 0.318 e. The van der Waals surface area contributed by atoms with Crippen molar-refractivity contribution in [2.24, 2.45) is 7.05 Å². The number of carbonyl (C=O) groups is 1. The van der Waals surface area contributed by atoms with Gasteiger partial charge in [-0.1, -0.05) is 23.9 Å². The van der Waals surface area contributed by atoms with E-state index in [1.54, 1.807) is 6.33 Å². The molecule has 0 saturated carbocycles. The smallest absolute Gasteiger partial charge is 0.191 e. The Morgan fingerprint density at radius 2 is 2.00 bits per heavy atom. The summed E-state index contributed by atoms with van der Waals surface area (Å²) in [5.41, 5.74) is 5.09. The third-order valence-electron chi connectivity index (χ3n) is 3.99. The van der Waals surface area contributed by atoms with E-state index in [-0.39, 0.29) is 5.78 Å². The van der Waals surface area contributed by atoms with Crippen molar-refractivity contribution in [3.8, 4) is 5.69 Å². The lowest BCUT2D eigenvalue weighted by Crippen LogP contribution is -2.06. The molecule has 6 heteroatoms. The molecule has 3 rings (SSSR count). The zero-order chi connectivity index (χ0) is 17.3. The molecule has 0 atom stereocenters. The van der Waals surface area contributed by atoms with Crippen LogP contribution in [0, 0.1) is 20.8 Å². The maximum atomic E-state index is 12.6. The molecule has 0 bridgehead atoms. The molecule has 0 radical (unpaired) electrons. The van der Waals surface area contributed by atoms with E-state index < -0.39 is 0 Å². The van der Waals surface area contributed by atoms with Gasteiger partial charge in [-0.15, -0.1) is 10.2 Å². The molecular formula is C18H20N4OS. The highest BCUT2D eigenvalue weighted by Gasteiger charge is 2.17. The fourth-order valence-corrected chi connectivity index (χ4v) is 3.59. The summed E-state index contributed by atoms with van der Waals surface area (Å²) in [5, 5.41) is 8.58. The summed E-state index contributed by atoms with van der Waals surface area (Å²) in [5.74, 6) is 0.458. The molecule has 0 unspecified atom stereocenters. The van der Waals surface area contributed by atoms with Crippen LogP contribution in [0.2, 0.25) is 0 Å². The van der Waals surface area contributed by atoms with Crippen molar-refractivity contribution < 1.29 is 4.79 Å². The fraction of sp³-hybridized carbons (Fsp3) is 0.278. The summed E-state index contributed by atoms with van der Waals surface area (Å²) < 4.78 is 3.95. The van der Waals surface area contributed by atoms with Crippen LogP contribution in [0.3, 0.4) is 0 Å². The number of aromatic nitrogens is 4. The lowest BCUT2D eigenvalue weighted by Gasteiger charge is -2.10.